The van der Waals surface area contributed by atoms with Crippen LogP contribution >= 0.6 is 23.4 Å². The molecule has 0 saturated carbocycles. The van der Waals surface area contributed by atoms with Crippen LogP contribution in [0, 0.1) is 6.92 Å². The van der Waals surface area contributed by atoms with Crippen LogP contribution < -0.4 is 4.74 Å². The molecule has 90 valence electrons. The van der Waals surface area contributed by atoms with E-state index in [0.29, 0.717) is 16.9 Å². The Kier molecular flexibility index (Phi) is 3.75. The van der Waals surface area contributed by atoms with E-state index in [2.05, 4.69) is 30.1 Å². The van der Waals surface area contributed by atoms with Gasteiger partial charge in [0, 0.05) is 0 Å². The van der Waals surface area contributed by atoms with Gasteiger partial charge in [-0.25, -0.2) is 4.98 Å². The first-order valence-electron chi connectivity index (χ1n) is 4.78. The number of aromatic amines is 1. The summed E-state index contributed by atoms with van der Waals surface area (Å²) < 4.78 is 5.16. The molecular weight excluding hydrogens is 264 g/mol. The van der Waals surface area contributed by atoms with Crippen LogP contribution in [0.1, 0.15) is 12.7 Å². The standard InChI is InChI=1S/C8H9ClN6OS/c1-3-16-6-11-5(9)12-7(13-6)17-8-10-4(2)14-15-8/h3H2,1-2H3,(H,10,14,15). The first-order chi connectivity index (χ1) is 8.17. The molecule has 0 bridgehead atoms. The van der Waals surface area contributed by atoms with Crippen molar-refractivity contribution in [3.05, 3.63) is 11.1 Å². The van der Waals surface area contributed by atoms with Crippen molar-refractivity contribution in [3.63, 3.8) is 0 Å². The van der Waals surface area contributed by atoms with Crippen molar-refractivity contribution in [2.24, 2.45) is 0 Å². The van der Waals surface area contributed by atoms with Gasteiger partial charge >= 0.3 is 6.01 Å². The predicted molar refractivity (Wildman–Crippen MR) is 61.2 cm³/mol. The summed E-state index contributed by atoms with van der Waals surface area (Å²) in [7, 11) is 0. The Balaban J connectivity index is 2.20. The monoisotopic (exact) mass is 272 g/mol. The van der Waals surface area contributed by atoms with Gasteiger partial charge in [-0.1, -0.05) is 0 Å². The molecule has 2 aromatic rings. The highest BCUT2D eigenvalue weighted by molar-refractivity contribution is 7.99. The van der Waals surface area contributed by atoms with E-state index in [1.807, 2.05) is 13.8 Å². The summed E-state index contributed by atoms with van der Waals surface area (Å²) in [5.74, 6) is 0.720. The lowest BCUT2D eigenvalue weighted by Crippen LogP contribution is -2.00. The average Bonchev–Trinajstić information content (AvgIpc) is 2.63. The third kappa shape index (κ3) is 3.27. The number of nitrogens with zero attached hydrogens (tertiary/aromatic N) is 5. The van der Waals surface area contributed by atoms with Crippen LogP contribution in [0.4, 0.5) is 0 Å². The fourth-order valence-electron chi connectivity index (χ4n) is 1.00. The van der Waals surface area contributed by atoms with E-state index in [1.165, 1.54) is 11.8 Å². The number of halogens is 1. The van der Waals surface area contributed by atoms with Gasteiger partial charge in [0.05, 0.1) is 6.61 Å². The van der Waals surface area contributed by atoms with E-state index in [9.17, 15) is 0 Å². The molecule has 0 aromatic carbocycles. The topological polar surface area (TPSA) is 89.5 Å². The molecule has 2 rings (SSSR count). The molecule has 0 amide bonds. The van der Waals surface area contributed by atoms with E-state index in [-0.39, 0.29) is 11.3 Å². The molecule has 0 saturated heterocycles. The minimum absolute atomic E-state index is 0.0817. The second-order valence-electron chi connectivity index (χ2n) is 2.91. The molecule has 0 aliphatic carbocycles. The van der Waals surface area contributed by atoms with Gasteiger partial charge in [-0.3, -0.25) is 5.10 Å². The highest BCUT2D eigenvalue weighted by Crippen LogP contribution is 2.22. The van der Waals surface area contributed by atoms with Crippen LogP contribution in [-0.4, -0.2) is 36.7 Å². The first-order valence-corrected chi connectivity index (χ1v) is 5.98. The average molecular weight is 273 g/mol. The molecule has 2 aromatic heterocycles. The zero-order valence-corrected chi connectivity index (χ0v) is 10.7. The Bertz CT molecular complexity index is 518. The molecule has 17 heavy (non-hydrogen) atoms. The molecular formula is C8H9ClN6OS. The lowest BCUT2D eigenvalue weighted by atomic mass is 10.8. The molecule has 0 aliphatic heterocycles. The Morgan fingerprint density at radius 1 is 1.24 bits per heavy atom. The highest BCUT2D eigenvalue weighted by atomic mass is 35.5. The summed E-state index contributed by atoms with van der Waals surface area (Å²) in [6.45, 7) is 4.11. The van der Waals surface area contributed by atoms with Gasteiger partial charge in [-0.2, -0.15) is 15.0 Å². The molecule has 0 unspecified atom stereocenters. The molecule has 0 atom stereocenters. The maximum atomic E-state index is 5.75. The predicted octanol–water partition coefficient (Wildman–Crippen LogP) is 1.50. The number of ether oxygens (including phenoxy) is 1. The Hall–Kier alpha value is -1.41. The van der Waals surface area contributed by atoms with Gasteiger partial charge in [0.15, 0.2) is 0 Å². The molecule has 0 radical (unpaired) electrons. The second kappa shape index (κ2) is 5.28. The van der Waals surface area contributed by atoms with Gasteiger partial charge < -0.3 is 4.74 Å². The molecule has 2 heterocycles. The van der Waals surface area contributed by atoms with Crippen molar-refractivity contribution in [2.75, 3.05) is 6.61 Å². The van der Waals surface area contributed by atoms with Gasteiger partial charge in [0.1, 0.15) is 5.82 Å². The lowest BCUT2D eigenvalue weighted by Gasteiger charge is -2.01. The third-order valence-electron chi connectivity index (χ3n) is 1.60. The molecule has 0 fully saturated rings. The van der Waals surface area contributed by atoms with E-state index >= 15 is 0 Å². The number of hydrogen-bond acceptors (Lipinski definition) is 7. The van der Waals surface area contributed by atoms with Crippen LogP contribution in [0.25, 0.3) is 0 Å². The number of aromatic nitrogens is 6. The summed E-state index contributed by atoms with van der Waals surface area (Å²) in [6, 6.07) is 0.197. The minimum atomic E-state index is 0.0817. The summed E-state index contributed by atoms with van der Waals surface area (Å²) in [5.41, 5.74) is 0. The molecule has 0 aliphatic rings. The van der Waals surface area contributed by atoms with Crippen LogP contribution in [0.3, 0.4) is 0 Å². The molecule has 9 heteroatoms. The van der Waals surface area contributed by atoms with Crippen LogP contribution in [0.5, 0.6) is 6.01 Å². The number of hydrogen-bond donors (Lipinski definition) is 1. The van der Waals surface area contributed by atoms with Gasteiger partial charge in [-0.15, -0.1) is 5.10 Å². The van der Waals surface area contributed by atoms with Gasteiger partial charge in [-0.05, 0) is 37.2 Å². The van der Waals surface area contributed by atoms with Crippen molar-refractivity contribution in [1.82, 2.24) is 30.1 Å². The maximum absolute atomic E-state index is 5.75. The molecule has 1 N–H and O–H groups in total. The normalized spacial score (nSPS) is 10.5. The van der Waals surface area contributed by atoms with Crippen molar-refractivity contribution in [1.29, 1.82) is 0 Å². The fraction of sp³-hybridized carbons (Fsp3) is 0.375. The van der Waals surface area contributed by atoms with Crippen molar-refractivity contribution < 1.29 is 4.74 Å². The minimum Gasteiger partial charge on any atom is -0.464 e. The van der Waals surface area contributed by atoms with Gasteiger partial charge in [0.2, 0.25) is 15.6 Å². The third-order valence-corrected chi connectivity index (χ3v) is 2.50. The van der Waals surface area contributed by atoms with Crippen molar-refractivity contribution >= 4 is 23.4 Å². The number of H-pyrrole nitrogens is 1. The number of rotatable bonds is 4. The highest BCUT2D eigenvalue weighted by Gasteiger charge is 2.10. The Morgan fingerprint density at radius 2 is 2.06 bits per heavy atom. The first kappa shape index (κ1) is 12.1. The quantitative estimate of drug-likeness (QED) is 0.902. The van der Waals surface area contributed by atoms with Crippen LogP contribution in [-0.2, 0) is 0 Å². The SMILES string of the molecule is CCOc1nc(Cl)nc(Sc2n[nH]c(C)n2)n1. The largest absolute Gasteiger partial charge is 0.464 e. The summed E-state index contributed by atoms with van der Waals surface area (Å²) >= 11 is 6.94. The molecule has 7 nitrogen and oxygen atoms in total. The van der Waals surface area contributed by atoms with Crippen LogP contribution in [0.2, 0.25) is 5.28 Å². The lowest BCUT2D eigenvalue weighted by molar-refractivity contribution is 0.307. The van der Waals surface area contributed by atoms with E-state index in [4.69, 9.17) is 16.3 Å². The Morgan fingerprint density at radius 3 is 2.71 bits per heavy atom. The second-order valence-corrected chi connectivity index (χ2v) is 4.18. The zero-order chi connectivity index (χ0) is 12.3. The van der Waals surface area contributed by atoms with Gasteiger partial charge in [0.25, 0.3) is 0 Å². The summed E-state index contributed by atoms with van der Waals surface area (Å²) in [4.78, 5) is 16.0. The fourth-order valence-corrected chi connectivity index (χ4v) is 1.90. The summed E-state index contributed by atoms with van der Waals surface area (Å²) in [6.07, 6.45) is 0. The number of aryl methyl sites for hydroxylation is 1. The van der Waals surface area contributed by atoms with E-state index in [0.717, 1.165) is 5.82 Å². The molecule has 0 spiro atoms. The van der Waals surface area contributed by atoms with E-state index < -0.39 is 0 Å². The smallest absolute Gasteiger partial charge is 0.321 e. The Labute approximate surface area is 106 Å². The van der Waals surface area contributed by atoms with E-state index in [1.54, 1.807) is 0 Å². The van der Waals surface area contributed by atoms with Crippen molar-refractivity contribution in [3.8, 4) is 6.01 Å². The van der Waals surface area contributed by atoms with Crippen LogP contribution in [0.15, 0.2) is 10.3 Å². The number of nitrogens with one attached hydrogen (secondary N) is 1. The summed E-state index contributed by atoms with van der Waals surface area (Å²) in [5, 5.41) is 7.68. The zero-order valence-electron chi connectivity index (χ0n) is 9.14. The van der Waals surface area contributed by atoms with Crippen molar-refractivity contribution in [2.45, 2.75) is 24.2 Å². The maximum Gasteiger partial charge on any atom is 0.321 e.